The van der Waals surface area contributed by atoms with Crippen molar-refractivity contribution in [2.24, 2.45) is 0 Å². The van der Waals surface area contributed by atoms with Crippen molar-refractivity contribution in [3.63, 3.8) is 0 Å². The molecule has 0 saturated heterocycles. The van der Waals surface area contributed by atoms with Gasteiger partial charge in [-0.2, -0.15) is 9.65 Å². The third-order valence-electron chi connectivity index (χ3n) is 1.74. The summed E-state index contributed by atoms with van der Waals surface area (Å²) in [4.78, 5) is 3.73. The molecule has 0 amide bonds. The Bertz CT molecular complexity index is 358. The number of nitriles is 1. The molecule has 0 unspecified atom stereocenters. The lowest BCUT2D eigenvalue weighted by Crippen LogP contribution is -2.14. The Balaban J connectivity index is 3.20. The van der Waals surface area contributed by atoms with Crippen LogP contribution in [0, 0.1) is 17.3 Å². The van der Waals surface area contributed by atoms with Gasteiger partial charge in [0.2, 0.25) is 5.95 Å². The van der Waals surface area contributed by atoms with E-state index in [0.29, 0.717) is 5.69 Å². The smallest absolute Gasteiger partial charge is 0.223 e. The molecule has 0 N–H and O–H groups in total. The Labute approximate surface area is 77.0 Å². The number of hydrogen-bond acceptors (Lipinski definition) is 2. The van der Waals surface area contributed by atoms with Crippen LogP contribution in [-0.2, 0) is 5.41 Å². The SMILES string of the molecule is CC(C)(C)c1ccc(C#N)c(F)n1. The van der Waals surface area contributed by atoms with E-state index in [1.807, 2.05) is 20.8 Å². The van der Waals surface area contributed by atoms with Crippen molar-refractivity contribution in [3.8, 4) is 6.07 Å². The monoisotopic (exact) mass is 178 g/mol. The van der Waals surface area contributed by atoms with Crippen molar-refractivity contribution in [1.82, 2.24) is 4.98 Å². The molecule has 0 spiro atoms. The van der Waals surface area contributed by atoms with Gasteiger partial charge in [0.15, 0.2) is 0 Å². The summed E-state index contributed by atoms with van der Waals surface area (Å²) in [6.45, 7) is 5.84. The summed E-state index contributed by atoms with van der Waals surface area (Å²) in [5.41, 5.74) is 0.464. The first kappa shape index (κ1) is 9.66. The molecule has 13 heavy (non-hydrogen) atoms. The highest BCUT2D eigenvalue weighted by Gasteiger charge is 2.17. The van der Waals surface area contributed by atoms with Gasteiger partial charge >= 0.3 is 0 Å². The van der Waals surface area contributed by atoms with Crippen LogP contribution in [-0.4, -0.2) is 4.98 Å². The molecule has 0 saturated carbocycles. The van der Waals surface area contributed by atoms with E-state index in [1.54, 1.807) is 12.1 Å². The Morgan fingerprint density at radius 2 is 2.00 bits per heavy atom. The molecule has 0 fully saturated rings. The van der Waals surface area contributed by atoms with Crippen LogP contribution in [0.2, 0.25) is 0 Å². The van der Waals surface area contributed by atoms with Gasteiger partial charge in [-0.25, -0.2) is 4.98 Å². The van der Waals surface area contributed by atoms with E-state index < -0.39 is 5.95 Å². The average molecular weight is 178 g/mol. The van der Waals surface area contributed by atoms with E-state index in [1.165, 1.54) is 6.07 Å². The van der Waals surface area contributed by atoms with Gasteiger partial charge in [0.1, 0.15) is 11.6 Å². The molecule has 2 nitrogen and oxygen atoms in total. The van der Waals surface area contributed by atoms with Gasteiger partial charge in [-0.05, 0) is 12.1 Å². The fourth-order valence-electron chi connectivity index (χ4n) is 0.935. The second kappa shape index (κ2) is 3.14. The predicted molar refractivity (Wildman–Crippen MR) is 47.6 cm³/mol. The summed E-state index contributed by atoms with van der Waals surface area (Å²) in [6, 6.07) is 4.88. The van der Waals surface area contributed by atoms with Gasteiger partial charge in [0, 0.05) is 11.1 Å². The Hall–Kier alpha value is -1.43. The Morgan fingerprint density at radius 3 is 2.38 bits per heavy atom. The van der Waals surface area contributed by atoms with Crippen molar-refractivity contribution in [1.29, 1.82) is 5.26 Å². The minimum absolute atomic E-state index is 0.00648. The van der Waals surface area contributed by atoms with Crippen LogP contribution in [0.5, 0.6) is 0 Å². The fourth-order valence-corrected chi connectivity index (χ4v) is 0.935. The number of nitrogens with zero attached hydrogens (tertiary/aromatic N) is 2. The summed E-state index contributed by atoms with van der Waals surface area (Å²) in [5.74, 6) is -0.685. The molecule has 0 bridgehead atoms. The zero-order valence-electron chi connectivity index (χ0n) is 7.93. The highest BCUT2D eigenvalue weighted by atomic mass is 19.1. The van der Waals surface area contributed by atoms with Gasteiger partial charge < -0.3 is 0 Å². The Morgan fingerprint density at radius 1 is 1.38 bits per heavy atom. The quantitative estimate of drug-likeness (QED) is 0.572. The lowest BCUT2D eigenvalue weighted by molar-refractivity contribution is 0.521. The highest BCUT2D eigenvalue weighted by molar-refractivity contribution is 5.29. The molecule has 0 aromatic carbocycles. The third kappa shape index (κ3) is 2.03. The van der Waals surface area contributed by atoms with E-state index >= 15 is 0 Å². The van der Waals surface area contributed by atoms with Gasteiger partial charge in [0.05, 0.1) is 0 Å². The van der Waals surface area contributed by atoms with E-state index in [0.717, 1.165) is 0 Å². The lowest BCUT2D eigenvalue weighted by atomic mass is 9.91. The van der Waals surface area contributed by atoms with Crippen molar-refractivity contribution in [2.45, 2.75) is 26.2 Å². The number of aromatic nitrogens is 1. The molecule has 0 aliphatic carbocycles. The van der Waals surface area contributed by atoms with Gasteiger partial charge in [-0.1, -0.05) is 20.8 Å². The van der Waals surface area contributed by atoms with Gasteiger partial charge in [0.25, 0.3) is 0 Å². The highest BCUT2D eigenvalue weighted by Crippen LogP contribution is 2.20. The zero-order chi connectivity index (χ0) is 10.1. The summed E-state index contributed by atoms with van der Waals surface area (Å²) in [6.07, 6.45) is 0. The van der Waals surface area contributed by atoms with Crippen LogP contribution < -0.4 is 0 Å². The minimum Gasteiger partial charge on any atom is -0.223 e. The Kier molecular flexibility index (Phi) is 2.33. The number of halogens is 1. The molecule has 1 aromatic rings. The molecule has 1 aromatic heterocycles. The first-order chi connectivity index (χ1) is 5.95. The van der Waals surface area contributed by atoms with E-state index in [-0.39, 0.29) is 11.0 Å². The maximum absolute atomic E-state index is 13.0. The van der Waals surface area contributed by atoms with Crippen LogP contribution in [0.3, 0.4) is 0 Å². The fraction of sp³-hybridized carbons (Fsp3) is 0.400. The summed E-state index contributed by atoms with van der Waals surface area (Å²) in [7, 11) is 0. The maximum atomic E-state index is 13.0. The largest absolute Gasteiger partial charge is 0.231 e. The molecular weight excluding hydrogens is 167 g/mol. The van der Waals surface area contributed by atoms with Crippen molar-refractivity contribution in [3.05, 3.63) is 29.3 Å². The molecule has 0 aliphatic rings. The molecule has 0 aliphatic heterocycles. The van der Waals surface area contributed by atoms with Crippen LogP contribution in [0.4, 0.5) is 4.39 Å². The van der Waals surface area contributed by atoms with E-state index in [4.69, 9.17) is 5.26 Å². The van der Waals surface area contributed by atoms with Gasteiger partial charge in [-0.15, -0.1) is 0 Å². The minimum atomic E-state index is -0.685. The maximum Gasteiger partial charge on any atom is 0.231 e. The predicted octanol–water partition coefficient (Wildman–Crippen LogP) is 2.39. The van der Waals surface area contributed by atoms with E-state index in [2.05, 4.69) is 4.98 Å². The zero-order valence-corrected chi connectivity index (χ0v) is 7.93. The van der Waals surface area contributed by atoms with Gasteiger partial charge in [-0.3, -0.25) is 0 Å². The van der Waals surface area contributed by atoms with Crippen LogP contribution in [0.1, 0.15) is 32.0 Å². The third-order valence-corrected chi connectivity index (χ3v) is 1.74. The molecule has 0 radical (unpaired) electrons. The summed E-state index contributed by atoms with van der Waals surface area (Å²) >= 11 is 0. The van der Waals surface area contributed by atoms with Crippen LogP contribution >= 0.6 is 0 Å². The topological polar surface area (TPSA) is 36.7 Å². The molecule has 1 heterocycles. The molecule has 0 atom stereocenters. The number of pyridine rings is 1. The lowest BCUT2D eigenvalue weighted by Gasteiger charge is -2.17. The first-order valence-electron chi connectivity index (χ1n) is 4.02. The second-order valence-electron chi connectivity index (χ2n) is 3.90. The van der Waals surface area contributed by atoms with Crippen LogP contribution in [0.25, 0.3) is 0 Å². The first-order valence-corrected chi connectivity index (χ1v) is 4.02. The van der Waals surface area contributed by atoms with Crippen LogP contribution in [0.15, 0.2) is 12.1 Å². The molecular formula is C10H11FN2. The second-order valence-corrected chi connectivity index (χ2v) is 3.90. The van der Waals surface area contributed by atoms with Crippen molar-refractivity contribution >= 4 is 0 Å². The van der Waals surface area contributed by atoms with Crippen molar-refractivity contribution < 1.29 is 4.39 Å². The summed E-state index contributed by atoms with van der Waals surface area (Å²) < 4.78 is 13.0. The molecule has 3 heteroatoms. The normalized spacial score (nSPS) is 11.0. The molecule has 1 rings (SSSR count). The average Bonchev–Trinajstić information content (AvgIpc) is 2.02. The number of hydrogen-bond donors (Lipinski definition) is 0. The van der Waals surface area contributed by atoms with Crippen molar-refractivity contribution in [2.75, 3.05) is 0 Å². The van der Waals surface area contributed by atoms with E-state index in [9.17, 15) is 4.39 Å². The standard InChI is InChI=1S/C10H11FN2/c1-10(2,3)8-5-4-7(6-12)9(11)13-8/h4-5H,1-3H3. The molecule has 68 valence electrons. The summed E-state index contributed by atoms with van der Waals surface area (Å²) in [5, 5.41) is 8.48. The number of rotatable bonds is 0.